The Morgan fingerprint density at radius 2 is 2.08 bits per heavy atom. The molecule has 0 unspecified atom stereocenters. The number of allylic oxidation sites excluding steroid dienone is 1. The molecule has 0 aliphatic carbocycles. The van der Waals surface area contributed by atoms with Crippen LogP contribution >= 0.6 is 0 Å². The first-order valence-electron chi connectivity index (χ1n) is 8.37. The van der Waals surface area contributed by atoms with Crippen LogP contribution in [0, 0.1) is 13.8 Å². The third-order valence-corrected chi connectivity index (χ3v) is 4.10. The van der Waals surface area contributed by atoms with E-state index in [0.717, 1.165) is 28.3 Å². The smallest absolute Gasteiger partial charge is 0.187 e. The summed E-state index contributed by atoms with van der Waals surface area (Å²) in [5.41, 5.74) is 4.59. The van der Waals surface area contributed by atoms with E-state index in [1.54, 1.807) is 43.8 Å². The number of methoxy groups -OCH3 is 1. The summed E-state index contributed by atoms with van der Waals surface area (Å²) in [4.78, 5) is 16.2. The summed E-state index contributed by atoms with van der Waals surface area (Å²) in [5.74, 6) is 0.724. The van der Waals surface area contributed by atoms with Gasteiger partial charge in [-0.05, 0) is 55.8 Å². The second kappa shape index (κ2) is 7.78. The largest absolute Gasteiger partial charge is 0.496 e. The van der Waals surface area contributed by atoms with Gasteiger partial charge in [-0.25, -0.2) is 0 Å². The predicted octanol–water partition coefficient (Wildman–Crippen LogP) is 3.85. The van der Waals surface area contributed by atoms with Gasteiger partial charge in [-0.15, -0.1) is 0 Å². The minimum Gasteiger partial charge on any atom is -0.496 e. The number of carbonyl (C=O) groups is 1. The van der Waals surface area contributed by atoms with Gasteiger partial charge in [-0.2, -0.15) is 5.10 Å². The normalized spacial score (nSPS) is 11.0. The van der Waals surface area contributed by atoms with E-state index in [9.17, 15) is 4.79 Å². The minimum absolute atomic E-state index is 0.0750. The van der Waals surface area contributed by atoms with E-state index in [0.29, 0.717) is 12.1 Å². The molecule has 3 rings (SSSR count). The first-order valence-corrected chi connectivity index (χ1v) is 8.37. The van der Waals surface area contributed by atoms with Crippen LogP contribution in [0.1, 0.15) is 32.9 Å². The number of aromatic nitrogens is 3. The highest BCUT2D eigenvalue weighted by molar-refractivity contribution is 6.06. The molecule has 5 heteroatoms. The molecule has 0 fully saturated rings. The fraction of sp³-hybridized carbons (Fsp3) is 0.190. The molecule has 0 saturated heterocycles. The molecular formula is C21H21N3O2. The van der Waals surface area contributed by atoms with Gasteiger partial charge in [0.25, 0.3) is 0 Å². The highest BCUT2D eigenvalue weighted by atomic mass is 16.5. The molecule has 0 saturated carbocycles. The molecular weight excluding hydrogens is 326 g/mol. The molecule has 2 heterocycles. The number of ketones is 1. The zero-order valence-corrected chi connectivity index (χ0v) is 15.1. The van der Waals surface area contributed by atoms with Gasteiger partial charge in [0.05, 0.1) is 19.3 Å². The van der Waals surface area contributed by atoms with Gasteiger partial charge in [0.2, 0.25) is 0 Å². The molecule has 132 valence electrons. The van der Waals surface area contributed by atoms with Crippen molar-refractivity contribution >= 4 is 11.9 Å². The summed E-state index contributed by atoms with van der Waals surface area (Å²) in [6, 6.07) is 11.4. The molecule has 0 spiro atoms. The number of aryl methyl sites for hydroxylation is 2. The third-order valence-electron chi connectivity index (χ3n) is 4.10. The van der Waals surface area contributed by atoms with Gasteiger partial charge in [0.1, 0.15) is 5.75 Å². The maximum Gasteiger partial charge on any atom is 0.187 e. The molecule has 0 radical (unpaired) electrons. The zero-order chi connectivity index (χ0) is 18.5. The van der Waals surface area contributed by atoms with E-state index in [4.69, 9.17) is 4.74 Å². The van der Waals surface area contributed by atoms with Crippen molar-refractivity contribution in [1.29, 1.82) is 0 Å². The maximum atomic E-state index is 12.2. The topological polar surface area (TPSA) is 57.0 Å². The van der Waals surface area contributed by atoms with Crippen molar-refractivity contribution in [2.45, 2.75) is 20.4 Å². The van der Waals surface area contributed by atoms with Gasteiger partial charge in [-0.1, -0.05) is 12.1 Å². The van der Waals surface area contributed by atoms with Crippen molar-refractivity contribution in [2.24, 2.45) is 0 Å². The van der Waals surface area contributed by atoms with Crippen LogP contribution in [-0.4, -0.2) is 27.7 Å². The highest BCUT2D eigenvalue weighted by Crippen LogP contribution is 2.22. The van der Waals surface area contributed by atoms with E-state index in [1.165, 1.54) is 0 Å². The molecule has 2 aromatic heterocycles. The molecule has 0 aliphatic rings. The average molecular weight is 347 g/mol. The molecule has 5 nitrogen and oxygen atoms in total. The number of carbonyl (C=O) groups excluding carboxylic acids is 1. The summed E-state index contributed by atoms with van der Waals surface area (Å²) >= 11 is 0. The number of benzene rings is 1. The Bertz CT molecular complexity index is 943. The standard InChI is InChI=1S/C21H21N3O2/c1-15-11-16(2)24(23-15)14-19-12-17(7-9-21(19)26-3)6-8-20(25)18-5-4-10-22-13-18/h4-13H,14H2,1-3H3/b8-6+. The Morgan fingerprint density at radius 1 is 1.23 bits per heavy atom. The molecule has 0 amide bonds. The fourth-order valence-electron chi connectivity index (χ4n) is 2.80. The molecule has 26 heavy (non-hydrogen) atoms. The highest BCUT2D eigenvalue weighted by Gasteiger charge is 2.08. The van der Waals surface area contributed by atoms with Gasteiger partial charge in [-0.3, -0.25) is 14.5 Å². The summed E-state index contributed by atoms with van der Waals surface area (Å²) < 4.78 is 7.42. The van der Waals surface area contributed by atoms with Crippen LogP contribution in [0.25, 0.3) is 6.08 Å². The molecule has 0 N–H and O–H groups in total. The third kappa shape index (κ3) is 4.06. The van der Waals surface area contributed by atoms with Gasteiger partial charge in [0, 0.05) is 29.2 Å². The predicted molar refractivity (Wildman–Crippen MR) is 101 cm³/mol. The van der Waals surface area contributed by atoms with Gasteiger partial charge in [0.15, 0.2) is 5.78 Å². The van der Waals surface area contributed by atoms with Crippen LogP contribution in [0.15, 0.2) is 54.9 Å². The lowest BCUT2D eigenvalue weighted by Crippen LogP contribution is -2.05. The zero-order valence-electron chi connectivity index (χ0n) is 15.1. The van der Waals surface area contributed by atoms with E-state index in [1.807, 2.05) is 42.8 Å². The summed E-state index contributed by atoms with van der Waals surface area (Å²) in [6.07, 6.45) is 6.58. The molecule has 0 atom stereocenters. The molecule has 0 aliphatic heterocycles. The first-order chi connectivity index (χ1) is 12.6. The Labute approximate surface area is 153 Å². The number of rotatable bonds is 6. The Morgan fingerprint density at radius 3 is 2.73 bits per heavy atom. The maximum absolute atomic E-state index is 12.2. The quantitative estimate of drug-likeness (QED) is 0.502. The van der Waals surface area contributed by atoms with Crippen LogP contribution in [0.3, 0.4) is 0 Å². The van der Waals surface area contributed by atoms with Crippen molar-refractivity contribution in [2.75, 3.05) is 7.11 Å². The van der Waals surface area contributed by atoms with Crippen molar-refractivity contribution in [3.63, 3.8) is 0 Å². The van der Waals surface area contributed by atoms with Crippen molar-refractivity contribution in [3.8, 4) is 5.75 Å². The number of ether oxygens (including phenoxy) is 1. The number of nitrogens with zero attached hydrogens (tertiary/aromatic N) is 3. The average Bonchev–Trinajstić information content (AvgIpc) is 2.97. The van der Waals surface area contributed by atoms with E-state index in [2.05, 4.69) is 10.1 Å². The Hall–Kier alpha value is -3.21. The fourth-order valence-corrected chi connectivity index (χ4v) is 2.80. The van der Waals surface area contributed by atoms with Crippen LogP contribution in [0.5, 0.6) is 5.75 Å². The second-order valence-electron chi connectivity index (χ2n) is 6.10. The number of hydrogen-bond donors (Lipinski definition) is 0. The molecule has 3 aromatic rings. The lowest BCUT2D eigenvalue weighted by atomic mass is 10.1. The van der Waals surface area contributed by atoms with Crippen LogP contribution in [0.4, 0.5) is 0 Å². The van der Waals surface area contributed by atoms with Crippen molar-refractivity contribution in [1.82, 2.24) is 14.8 Å². The minimum atomic E-state index is -0.0750. The van der Waals surface area contributed by atoms with Gasteiger partial charge < -0.3 is 4.74 Å². The van der Waals surface area contributed by atoms with Crippen LogP contribution < -0.4 is 4.74 Å². The lowest BCUT2D eigenvalue weighted by molar-refractivity contribution is 0.104. The Kier molecular flexibility index (Phi) is 5.27. The monoisotopic (exact) mass is 347 g/mol. The SMILES string of the molecule is COc1ccc(/C=C/C(=O)c2cccnc2)cc1Cn1nc(C)cc1C. The van der Waals surface area contributed by atoms with E-state index >= 15 is 0 Å². The van der Waals surface area contributed by atoms with Crippen LogP contribution in [-0.2, 0) is 6.54 Å². The molecule has 0 bridgehead atoms. The summed E-state index contributed by atoms with van der Waals surface area (Å²) in [5, 5.41) is 4.51. The summed E-state index contributed by atoms with van der Waals surface area (Å²) in [7, 11) is 1.65. The lowest BCUT2D eigenvalue weighted by Gasteiger charge is -2.11. The number of hydrogen-bond acceptors (Lipinski definition) is 4. The first kappa shape index (κ1) is 17.6. The van der Waals surface area contributed by atoms with Gasteiger partial charge >= 0.3 is 0 Å². The van der Waals surface area contributed by atoms with Crippen LogP contribution in [0.2, 0.25) is 0 Å². The number of pyridine rings is 1. The van der Waals surface area contributed by atoms with E-state index in [-0.39, 0.29) is 5.78 Å². The van der Waals surface area contributed by atoms with Crippen molar-refractivity contribution in [3.05, 3.63) is 82.9 Å². The van der Waals surface area contributed by atoms with Crippen molar-refractivity contribution < 1.29 is 9.53 Å². The molecule has 1 aromatic carbocycles. The Balaban J connectivity index is 1.84. The van der Waals surface area contributed by atoms with E-state index < -0.39 is 0 Å². The second-order valence-corrected chi connectivity index (χ2v) is 6.10. The summed E-state index contributed by atoms with van der Waals surface area (Å²) in [6.45, 7) is 4.62.